The minimum absolute atomic E-state index is 0.00937. The van der Waals surface area contributed by atoms with E-state index in [0.717, 1.165) is 0 Å². The molecule has 0 aliphatic carbocycles. The second-order valence-electron chi connectivity index (χ2n) is 3.36. The zero-order valence-electron chi connectivity index (χ0n) is 9.41. The molecule has 0 bridgehead atoms. The van der Waals surface area contributed by atoms with Crippen molar-refractivity contribution in [3.8, 4) is 0 Å². The molecule has 0 radical (unpaired) electrons. The number of nitrogens with two attached hydrogens (primary N) is 1. The van der Waals surface area contributed by atoms with Gasteiger partial charge in [-0.05, 0) is 13.0 Å². The molecule has 2 unspecified atom stereocenters. The molecule has 0 saturated heterocycles. The molecular weight excluding hydrogens is 226 g/mol. The molecule has 94 valence electrons. The van der Waals surface area contributed by atoms with Gasteiger partial charge in [0.2, 0.25) is 5.95 Å². The van der Waals surface area contributed by atoms with Gasteiger partial charge in [0, 0.05) is 6.20 Å². The number of aromatic nitrogens is 2. The fourth-order valence-corrected chi connectivity index (χ4v) is 1.25. The van der Waals surface area contributed by atoms with Crippen molar-refractivity contribution < 1.29 is 19.7 Å². The van der Waals surface area contributed by atoms with Crippen molar-refractivity contribution in [1.82, 2.24) is 9.97 Å². The summed E-state index contributed by atoms with van der Waals surface area (Å²) in [6, 6.07) is 1.41. The van der Waals surface area contributed by atoms with Crippen LogP contribution in [0.3, 0.4) is 0 Å². The minimum atomic E-state index is -1.30. The van der Waals surface area contributed by atoms with Gasteiger partial charge in [-0.3, -0.25) is 4.79 Å². The quantitative estimate of drug-likeness (QED) is 0.589. The number of aliphatic hydroxyl groups excluding tert-OH is 2. The van der Waals surface area contributed by atoms with Crippen LogP contribution in [0.4, 0.5) is 5.95 Å². The van der Waals surface area contributed by atoms with Crippen molar-refractivity contribution in [2.24, 2.45) is 0 Å². The summed E-state index contributed by atoms with van der Waals surface area (Å²) in [4.78, 5) is 18.5. The van der Waals surface area contributed by atoms with Gasteiger partial charge in [0.15, 0.2) is 0 Å². The molecule has 0 aromatic carbocycles. The molecule has 0 spiro atoms. The van der Waals surface area contributed by atoms with E-state index in [1.807, 2.05) is 0 Å². The van der Waals surface area contributed by atoms with E-state index in [9.17, 15) is 15.0 Å². The van der Waals surface area contributed by atoms with Crippen LogP contribution in [0.5, 0.6) is 0 Å². The first-order chi connectivity index (χ1) is 8.04. The van der Waals surface area contributed by atoms with Crippen LogP contribution in [-0.4, -0.2) is 38.9 Å². The molecule has 2 atom stereocenters. The van der Waals surface area contributed by atoms with Crippen molar-refractivity contribution in [2.75, 3.05) is 12.3 Å². The molecule has 7 heteroatoms. The summed E-state index contributed by atoms with van der Waals surface area (Å²) in [5, 5.41) is 19.3. The van der Waals surface area contributed by atoms with Crippen LogP contribution < -0.4 is 5.73 Å². The highest BCUT2D eigenvalue weighted by Crippen LogP contribution is 2.17. The van der Waals surface area contributed by atoms with Crippen LogP contribution in [0.2, 0.25) is 0 Å². The third kappa shape index (κ3) is 3.97. The van der Waals surface area contributed by atoms with E-state index in [0.29, 0.717) is 0 Å². The Morgan fingerprint density at radius 1 is 1.59 bits per heavy atom. The molecular formula is C10H15N3O4. The number of esters is 1. The van der Waals surface area contributed by atoms with E-state index in [4.69, 9.17) is 5.73 Å². The summed E-state index contributed by atoms with van der Waals surface area (Å²) in [6.07, 6.45) is -1.54. The molecule has 0 aliphatic rings. The largest absolute Gasteiger partial charge is 0.466 e. The van der Waals surface area contributed by atoms with Gasteiger partial charge in [0.1, 0.15) is 6.10 Å². The summed E-state index contributed by atoms with van der Waals surface area (Å²) < 4.78 is 4.65. The molecule has 0 amide bonds. The number of nitrogen functional groups attached to an aromatic ring is 1. The van der Waals surface area contributed by atoms with Crippen LogP contribution in [0.25, 0.3) is 0 Å². The highest BCUT2D eigenvalue weighted by molar-refractivity contribution is 5.70. The average molecular weight is 241 g/mol. The van der Waals surface area contributed by atoms with Gasteiger partial charge in [-0.1, -0.05) is 0 Å². The predicted octanol–water partition coefficient (Wildman–Crippen LogP) is -0.594. The number of anilines is 1. The Balaban J connectivity index is 2.63. The van der Waals surface area contributed by atoms with Crippen molar-refractivity contribution in [2.45, 2.75) is 25.6 Å². The minimum Gasteiger partial charge on any atom is -0.466 e. The third-order valence-corrected chi connectivity index (χ3v) is 2.04. The number of nitrogens with zero attached hydrogens (tertiary/aromatic N) is 2. The smallest absolute Gasteiger partial charge is 0.308 e. The van der Waals surface area contributed by atoms with Crippen LogP contribution in [-0.2, 0) is 9.53 Å². The standard InChI is InChI=1S/C10H15N3O4/c1-2-17-8(15)5-7(14)9(16)6-3-4-12-10(11)13-6/h3-4,7,9,14,16H,2,5H2,1H3,(H2,11,12,13). The van der Waals surface area contributed by atoms with Crippen molar-refractivity contribution >= 4 is 11.9 Å². The highest BCUT2D eigenvalue weighted by Gasteiger charge is 2.23. The lowest BCUT2D eigenvalue weighted by Gasteiger charge is -2.16. The summed E-state index contributed by atoms with van der Waals surface area (Å²) in [5.74, 6) is -0.592. The van der Waals surface area contributed by atoms with Gasteiger partial charge in [0.25, 0.3) is 0 Å². The maximum Gasteiger partial charge on any atom is 0.308 e. The van der Waals surface area contributed by atoms with Gasteiger partial charge >= 0.3 is 5.97 Å². The fourth-order valence-electron chi connectivity index (χ4n) is 1.25. The Kier molecular flexibility index (Phi) is 4.80. The van der Waals surface area contributed by atoms with Crippen molar-refractivity contribution in [3.05, 3.63) is 18.0 Å². The normalized spacial score (nSPS) is 14.1. The van der Waals surface area contributed by atoms with Crippen LogP contribution in [0.1, 0.15) is 25.1 Å². The van der Waals surface area contributed by atoms with Crippen LogP contribution in [0.15, 0.2) is 12.3 Å². The summed E-state index contributed by atoms with van der Waals surface area (Å²) in [5.41, 5.74) is 5.50. The maximum absolute atomic E-state index is 11.1. The Hall–Kier alpha value is -1.73. The van der Waals surface area contributed by atoms with E-state index >= 15 is 0 Å². The molecule has 0 fully saturated rings. The highest BCUT2D eigenvalue weighted by atomic mass is 16.5. The first-order valence-corrected chi connectivity index (χ1v) is 5.14. The number of carbonyl (C=O) groups excluding carboxylic acids is 1. The fraction of sp³-hybridized carbons (Fsp3) is 0.500. The van der Waals surface area contributed by atoms with Crippen molar-refractivity contribution in [3.63, 3.8) is 0 Å². The Bertz CT molecular complexity index is 386. The van der Waals surface area contributed by atoms with E-state index < -0.39 is 18.2 Å². The molecule has 0 aliphatic heterocycles. The lowest BCUT2D eigenvalue weighted by molar-refractivity contribution is -0.147. The number of hydrogen-bond acceptors (Lipinski definition) is 7. The summed E-state index contributed by atoms with van der Waals surface area (Å²) in [6.45, 7) is 1.88. The summed E-state index contributed by atoms with van der Waals surface area (Å²) in [7, 11) is 0. The monoisotopic (exact) mass is 241 g/mol. The van der Waals surface area contributed by atoms with Gasteiger partial charge in [-0.15, -0.1) is 0 Å². The second-order valence-corrected chi connectivity index (χ2v) is 3.36. The Morgan fingerprint density at radius 2 is 2.29 bits per heavy atom. The van der Waals surface area contributed by atoms with Crippen LogP contribution >= 0.6 is 0 Å². The van der Waals surface area contributed by atoms with E-state index in [1.54, 1.807) is 6.92 Å². The van der Waals surface area contributed by atoms with Gasteiger partial charge in [0.05, 0.1) is 24.8 Å². The SMILES string of the molecule is CCOC(=O)CC(O)C(O)c1ccnc(N)n1. The first-order valence-electron chi connectivity index (χ1n) is 5.14. The molecule has 1 heterocycles. The molecule has 1 aromatic heterocycles. The zero-order chi connectivity index (χ0) is 12.8. The molecule has 7 nitrogen and oxygen atoms in total. The number of carbonyl (C=O) groups is 1. The molecule has 1 aromatic rings. The zero-order valence-corrected chi connectivity index (χ0v) is 9.41. The lowest BCUT2D eigenvalue weighted by atomic mass is 10.1. The number of ether oxygens (including phenoxy) is 1. The predicted molar refractivity (Wildman–Crippen MR) is 58.7 cm³/mol. The van der Waals surface area contributed by atoms with E-state index in [1.165, 1.54) is 12.3 Å². The lowest BCUT2D eigenvalue weighted by Crippen LogP contribution is -2.24. The molecule has 4 N–H and O–H groups in total. The third-order valence-electron chi connectivity index (χ3n) is 2.04. The first kappa shape index (κ1) is 13.3. The molecule has 1 rings (SSSR count). The Morgan fingerprint density at radius 3 is 2.88 bits per heavy atom. The second kappa shape index (κ2) is 6.12. The molecule has 0 saturated carbocycles. The van der Waals surface area contributed by atoms with Gasteiger partial charge < -0.3 is 20.7 Å². The summed E-state index contributed by atoms with van der Waals surface area (Å²) >= 11 is 0. The maximum atomic E-state index is 11.1. The Labute approximate surface area is 98.3 Å². The number of hydrogen-bond donors (Lipinski definition) is 3. The van der Waals surface area contributed by atoms with Gasteiger partial charge in [-0.2, -0.15) is 0 Å². The number of aliphatic hydroxyl groups is 2. The average Bonchev–Trinajstić information content (AvgIpc) is 2.28. The van der Waals surface area contributed by atoms with Crippen molar-refractivity contribution in [1.29, 1.82) is 0 Å². The van der Waals surface area contributed by atoms with Crippen LogP contribution in [0, 0.1) is 0 Å². The molecule has 17 heavy (non-hydrogen) atoms. The van der Waals surface area contributed by atoms with E-state index in [2.05, 4.69) is 14.7 Å². The van der Waals surface area contributed by atoms with Gasteiger partial charge in [-0.25, -0.2) is 9.97 Å². The topological polar surface area (TPSA) is 119 Å². The number of rotatable bonds is 5. The van der Waals surface area contributed by atoms with E-state index in [-0.39, 0.29) is 24.7 Å².